The SMILES string of the molecule is CC1(C)CC1c1noc(CON)n1. The first-order chi connectivity index (χ1) is 6.13. The van der Waals surface area contributed by atoms with Crippen LogP contribution in [0.2, 0.25) is 0 Å². The minimum atomic E-state index is 0.181. The minimum absolute atomic E-state index is 0.181. The second-order valence-corrected chi connectivity index (χ2v) is 4.10. The number of rotatable bonds is 3. The molecule has 1 heterocycles. The van der Waals surface area contributed by atoms with Gasteiger partial charge in [-0.15, -0.1) is 0 Å². The lowest BCUT2D eigenvalue weighted by molar-refractivity contribution is 0.0995. The van der Waals surface area contributed by atoms with Crippen LogP contribution in [0.1, 0.15) is 37.9 Å². The van der Waals surface area contributed by atoms with Gasteiger partial charge in [-0.2, -0.15) is 4.98 Å². The van der Waals surface area contributed by atoms with Gasteiger partial charge in [-0.1, -0.05) is 19.0 Å². The van der Waals surface area contributed by atoms with Gasteiger partial charge in [0, 0.05) is 5.92 Å². The highest BCUT2D eigenvalue weighted by atomic mass is 16.6. The van der Waals surface area contributed by atoms with E-state index in [1.54, 1.807) is 0 Å². The molecule has 2 rings (SSSR count). The highest BCUT2D eigenvalue weighted by Crippen LogP contribution is 2.57. The van der Waals surface area contributed by atoms with Crippen molar-refractivity contribution in [2.75, 3.05) is 0 Å². The molecule has 0 aliphatic heterocycles. The molecule has 0 radical (unpaired) electrons. The van der Waals surface area contributed by atoms with Crippen LogP contribution in [-0.4, -0.2) is 10.1 Å². The van der Waals surface area contributed by atoms with Crippen molar-refractivity contribution in [2.45, 2.75) is 32.8 Å². The monoisotopic (exact) mass is 183 g/mol. The van der Waals surface area contributed by atoms with Crippen molar-refractivity contribution in [1.82, 2.24) is 10.1 Å². The number of nitrogens with zero attached hydrogens (tertiary/aromatic N) is 2. The average Bonchev–Trinajstić information content (AvgIpc) is 2.52. The van der Waals surface area contributed by atoms with E-state index in [4.69, 9.17) is 10.4 Å². The molecule has 0 amide bonds. The summed E-state index contributed by atoms with van der Waals surface area (Å²) in [6.07, 6.45) is 1.12. The molecule has 1 aliphatic carbocycles. The fourth-order valence-electron chi connectivity index (χ4n) is 1.45. The molecule has 0 aromatic carbocycles. The summed E-state index contributed by atoms with van der Waals surface area (Å²) in [5.41, 5.74) is 0.324. The zero-order chi connectivity index (χ0) is 9.47. The first kappa shape index (κ1) is 8.65. The first-order valence-corrected chi connectivity index (χ1v) is 4.27. The summed E-state index contributed by atoms with van der Waals surface area (Å²) < 4.78 is 4.93. The van der Waals surface area contributed by atoms with E-state index in [9.17, 15) is 0 Å². The molecular weight excluding hydrogens is 170 g/mol. The zero-order valence-electron chi connectivity index (χ0n) is 7.78. The van der Waals surface area contributed by atoms with Crippen LogP contribution in [0.25, 0.3) is 0 Å². The Kier molecular flexibility index (Phi) is 1.85. The Morgan fingerprint density at radius 2 is 2.38 bits per heavy atom. The molecule has 1 aromatic rings. The normalized spacial score (nSPS) is 24.7. The van der Waals surface area contributed by atoms with Crippen LogP contribution in [0.15, 0.2) is 4.52 Å². The Labute approximate surface area is 76.2 Å². The van der Waals surface area contributed by atoms with Gasteiger partial charge in [-0.25, -0.2) is 5.90 Å². The maximum atomic E-state index is 4.93. The molecule has 2 N–H and O–H groups in total. The van der Waals surface area contributed by atoms with Crippen molar-refractivity contribution in [2.24, 2.45) is 11.3 Å². The second-order valence-electron chi connectivity index (χ2n) is 4.10. The van der Waals surface area contributed by atoms with Crippen molar-refractivity contribution < 1.29 is 9.36 Å². The van der Waals surface area contributed by atoms with Crippen molar-refractivity contribution in [3.05, 3.63) is 11.7 Å². The van der Waals surface area contributed by atoms with E-state index in [0.717, 1.165) is 12.2 Å². The second kappa shape index (κ2) is 2.78. The van der Waals surface area contributed by atoms with Crippen LogP contribution in [0.3, 0.4) is 0 Å². The van der Waals surface area contributed by atoms with E-state index >= 15 is 0 Å². The van der Waals surface area contributed by atoms with Crippen molar-refractivity contribution in [1.29, 1.82) is 0 Å². The molecule has 1 atom stereocenters. The third kappa shape index (κ3) is 1.57. The van der Waals surface area contributed by atoms with Gasteiger partial charge < -0.3 is 4.52 Å². The van der Waals surface area contributed by atoms with Gasteiger partial charge in [0.2, 0.25) is 0 Å². The van der Waals surface area contributed by atoms with Crippen LogP contribution in [0.4, 0.5) is 0 Å². The Hall–Kier alpha value is -0.940. The Balaban J connectivity index is 2.07. The van der Waals surface area contributed by atoms with E-state index in [0.29, 0.717) is 17.2 Å². The van der Waals surface area contributed by atoms with Crippen molar-refractivity contribution in [3.63, 3.8) is 0 Å². The molecule has 0 spiro atoms. The van der Waals surface area contributed by atoms with Gasteiger partial charge in [-0.3, -0.25) is 4.84 Å². The number of nitrogens with two attached hydrogens (primary N) is 1. The van der Waals surface area contributed by atoms with E-state index in [1.165, 1.54) is 0 Å². The molecule has 13 heavy (non-hydrogen) atoms. The molecule has 72 valence electrons. The summed E-state index contributed by atoms with van der Waals surface area (Å²) in [6, 6.07) is 0. The Morgan fingerprint density at radius 3 is 2.92 bits per heavy atom. The van der Waals surface area contributed by atoms with Crippen molar-refractivity contribution in [3.8, 4) is 0 Å². The topological polar surface area (TPSA) is 74.2 Å². The van der Waals surface area contributed by atoms with Gasteiger partial charge in [0.15, 0.2) is 5.82 Å². The predicted octanol–water partition coefficient (Wildman–Crippen LogP) is 0.973. The maximum Gasteiger partial charge on any atom is 0.254 e. The third-order valence-electron chi connectivity index (χ3n) is 2.52. The maximum absolute atomic E-state index is 4.93. The van der Waals surface area contributed by atoms with Gasteiger partial charge in [0.25, 0.3) is 5.89 Å². The molecule has 5 nitrogen and oxygen atoms in total. The summed E-state index contributed by atoms with van der Waals surface area (Å²) >= 11 is 0. The van der Waals surface area contributed by atoms with Crippen LogP contribution >= 0.6 is 0 Å². The summed E-state index contributed by atoms with van der Waals surface area (Å²) in [7, 11) is 0. The molecule has 5 heteroatoms. The average molecular weight is 183 g/mol. The van der Waals surface area contributed by atoms with E-state index in [1.807, 2.05) is 0 Å². The standard InChI is InChI=1S/C8H13N3O2/c1-8(2)3-5(8)7-10-6(4-12-9)13-11-7/h5H,3-4,9H2,1-2H3. The highest BCUT2D eigenvalue weighted by molar-refractivity contribution is 5.14. The van der Waals surface area contributed by atoms with Gasteiger partial charge in [0.05, 0.1) is 0 Å². The van der Waals surface area contributed by atoms with Crippen LogP contribution < -0.4 is 5.90 Å². The molecular formula is C8H13N3O2. The number of hydrogen-bond acceptors (Lipinski definition) is 5. The quantitative estimate of drug-likeness (QED) is 0.707. The van der Waals surface area contributed by atoms with E-state index in [-0.39, 0.29) is 6.61 Å². The van der Waals surface area contributed by atoms with Crippen LogP contribution in [0.5, 0.6) is 0 Å². The molecule has 1 saturated carbocycles. The smallest absolute Gasteiger partial charge is 0.254 e. The molecule has 1 unspecified atom stereocenters. The molecule has 1 aliphatic rings. The van der Waals surface area contributed by atoms with E-state index < -0.39 is 0 Å². The Bertz CT molecular complexity index is 308. The number of hydrogen-bond donors (Lipinski definition) is 1. The Morgan fingerprint density at radius 1 is 1.69 bits per heavy atom. The third-order valence-corrected chi connectivity index (χ3v) is 2.52. The largest absolute Gasteiger partial charge is 0.337 e. The first-order valence-electron chi connectivity index (χ1n) is 4.27. The van der Waals surface area contributed by atoms with Crippen molar-refractivity contribution >= 4 is 0 Å². The molecule has 1 fully saturated rings. The number of aromatic nitrogens is 2. The van der Waals surface area contributed by atoms with Crippen LogP contribution in [0, 0.1) is 5.41 Å². The molecule has 1 aromatic heterocycles. The molecule has 0 saturated heterocycles. The molecule has 0 bridgehead atoms. The van der Waals surface area contributed by atoms with Gasteiger partial charge in [0.1, 0.15) is 6.61 Å². The van der Waals surface area contributed by atoms with E-state index in [2.05, 4.69) is 28.8 Å². The van der Waals surface area contributed by atoms with Gasteiger partial charge in [-0.05, 0) is 11.8 Å². The lowest BCUT2D eigenvalue weighted by Crippen LogP contribution is -1.99. The lowest BCUT2D eigenvalue weighted by Gasteiger charge is -1.95. The summed E-state index contributed by atoms with van der Waals surface area (Å²) in [5.74, 6) is 6.54. The zero-order valence-corrected chi connectivity index (χ0v) is 7.78. The minimum Gasteiger partial charge on any atom is -0.337 e. The van der Waals surface area contributed by atoms with Crippen LogP contribution in [-0.2, 0) is 11.4 Å². The lowest BCUT2D eigenvalue weighted by atomic mass is 10.1. The van der Waals surface area contributed by atoms with Gasteiger partial charge >= 0.3 is 0 Å². The summed E-state index contributed by atoms with van der Waals surface area (Å²) in [5, 5.41) is 3.87. The highest BCUT2D eigenvalue weighted by Gasteiger charge is 2.49. The summed E-state index contributed by atoms with van der Waals surface area (Å²) in [4.78, 5) is 8.57. The fourth-order valence-corrected chi connectivity index (χ4v) is 1.45. The fraction of sp³-hybridized carbons (Fsp3) is 0.750. The summed E-state index contributed by atoms with van der Waals surface area (Å²) in [6.45, 7) is 4.56. The predicted molar refractivity (Wildman–Crippen MR) is 44.4 cm³/mol.